The molecule has 2 rings (SSSR count). The van der Waals surface area contributed by atoms with Crippen molar-refractivity contribution in [1.29, 1.82) is 0 Å². The number of nitrogens with zero attached hydrogens (tertiary/aromatic N) is 1. The lowest BCUT2D eigenvalue weighted by Gasteiger charge is -2.20. The van der Waals surface area contributed by atoms with Gasteiger partial charge in [0.2, 0.25) is 0 Å². The number of rotatable bonds is 6. The van der Waals surface area contributed by atoms with Gasteiger partial charge in [-0.15, -0.1) is 0 Å². The van der Waals surface area contributed by atoms with E-state index in [-0.39, 0.29) is 0 Å². The van der Waals surface area contributed by atoms with Gasteiger partial charge in [0.1, 0.15) is 0 Å². The first-order valence-corrected chi connectivity index (χ1v) is 5.91. The van der Waals surface area contributed by atoms with Gasteiger partial charge >= 0.3 is 0 Å². The summed E-state index contributed by atoms with van der Waals surface area (Å²) in [5, 5.41) is 3.56. The molecule has 0 spiro atoms. The van der Waals surface area contributed by atoms with E-state index in [1.54, 1.807) is 0 Å². The van der Waals surface area contributed by atoms with E-state index in [1.807, 2.05) is 0 Å². The van der Waals surface area contributed by atoms with Gasteiger partial charge in [-0.05, 0) is 38.6 Å². The molecule has 0 heterocycles. The average molecular weight is 194 g/mol. The molecule has 14 heavy (non-hydrogen) atoms. The molecule has 2 heteroatoms. The molecule has 0 unspecified atom stereocenters. The monoisotopic (exact) mass is 194 g/mol. The minimum Gasteiger partial charge on any atom is -0.313 e. The van der Waals surface area contributed by atoms with Crippen LogP contribution < -0.4 is 5.32 Å². The molecule has 0 radical (unpaired) electrons. The molecule has 0 aromatic rings. The third-order valence-corrected chi connectivity index (χ3v) is 3.18. The van der Waals surface area contributed by atoms with E-state index in [1.165, 1.54) is 45.3 Å². The number of likely N-dealkylation sites (N-methyl/N-ethyl adjacent to an activating group) is 1. The second-order valence-corrected chi connectivity index (χ2v) is 4.80. The molecule has 0 bridgehead atoms. The van der Waals surface area contributed by atoms with Crippen LogP contribution in [0.2, 0.25) is 0 Å². The van der Waals surface area contributed by atoms with E-state index in [2.05, 4.69) is 29.4 Å². The van der Waals surface area contributed by atoms with Crippen molar-refractivity contribution in [2.24, 2.45) is 5.92 Å². The molecule has 0 amide bonds. The van der Waals surface area contributed by atoms with Gasteiger partial charge in [0.05, 0.1) is 0 Å². The normalized spacial score (nSPS) is 22.4. The van der Waals surface area contributed by atoms with Crippen LogP contribution >= 0.6 is 0 Å². The van der Waals surface area contributed by atoms with Gasteiger partial charge in [0, 0.05) is 25.7 Å². The summed E-state index contributed by atoms with van der Waals surface area (Å²) in [6, 6.07) is 0.858. The molecule has 2 aliphatic rings. The number of hydrogen-bond acceptors (Lipinski definition) is 2. The van der Waals surface area contributed by atoms with Crippen molar-refractivity contribution in [2.75, 3.05) is 26.7 Å². The lowest BCUT2D eigenvalue weighted by atomic mass is 10.1. The Balaban J connectivity index is 1.51. The lowest BCUT2D eigenvalue weighted by Crippen LogP contribution is -2.33. The Hall–Kier alpha value is -0.340. The van der Waals surface area contributed by atoms with E-state index in [0.29, 0.717) is 0 Å². The van der Waals surface area contributed by atoms with Gasteiger partial charge in [-0.25, -0.2) is 0 Å². The average Bonchev–Trinajstić information content (AvgIpc) is 2.83. The fourth-order valence-electron chi connectivity index (χ4n) is 2.10. The maximum absolute atomic E-state index is 3.56. The summed E-state index contributed by atoms with van der Waals surface area (Å²) < 4.78 is 0. The van der Waals surface area contributed by atoms with Gasteiger partial charge in [-0.1, -0.05) is 12.2 Å². The van der Waals surface area contributed by atoms with Crippen LogP contribution in [0.3, 0.4) is 0 Å². The van der Waals surface area contributed by atoms with Gasteiger partial charge in [-0.2, -0.15) is 0 Å². The molecule has 1 saturated carbocycles. The molecule has 80 valence electrons. The smallest absolute Gasteiger partial charge is 0.0104 e. The van der Waals surface area contributed by atoms with Gasteiger partial charge in [-0.3, -0.25) is 0 Å². The highest BCUT2D eigenvalue weighted by Crippen LogP contribution is 2.19. The Kier molecular flexibility index (Phi) is 3.60. The molecule has 1 N–H and O–H groups in total. The summed E-state index contributed by atoms with van der Waals surface area (Å²) in [5.74, 6) is 0.890. The first-order chi connectivity index (χ1) is 6.84. The number of nitrogens with one attached hydrogen (secondary N) is 1. The van der Waals surface area contributed by atoms with Crippen LogP contribution in [0.4, 0.5) is 0 Å². The van der Waals surface area contributed by atoms with Crippen molar-refractivity contribution in [2.45, 2.75) is 31.7 Å². The molecule has 2 nitrogen and oxygen atoms in total. The molecule has 0 atom stereocenters. The van der Waals surface area contributed by atoms with E-state index in [4.69, 9.17) is 0 Å². The zero-order valence-electron chi connectivity index (χ0n) is 9.21. The van der Waals surface area contributed by atoms with Crippen LogP contribution in [0.1, 0.15) is 25.7 Å². The minimum atomic E-state index is 0.858. The zero-order chi connectivity index (χ0) is 9.80. The van der Waals surface area contributed by atoms with Crippen LogP contribution in [0.5, 0.6) is 0 Å². The molecule has 0 aromatic carbocycles. The minimum absolute atomic E-state index is 0.858. The summed E-state index contributed by atoms with van der Waals surface area (Å²) in [6.07, 6.45) is 10.0. The molecule has 0 aliphatic heterocycles. The highest BCUT2D eigenvalue weighted by molar-refractivity contribution is 4.94. The number of allylic oxidation sites excluding steroid dienone is 2. The Bertz CT molecular complexity index is 188. The topological polar surface area (TPSA) is 15.3 Å². The van der Waals surface area contributed by atoms with Crippen molar-refractivity contribution >= 4 is 0 Å². The summed E-state index contributed by atoms with van der Waals surface area (Å²) >= 11 is 0. The van der Waals surface area contributed by atoms with Gasteiger partial charge < -0.3 is 10.2 Å². The molecule has 2 aliphatic carbocycles. The lowest BCUT2D eigenvalue weighted by molar-refractivity contribution is 0.281. The predicted octanol–water partition coefficient (Wildman–Crippen LogP) is 1.64. The molecule has 1 fully saturated rings. The SMILES string of the molecule is CN(CCNC1CC1)CC1CC=CC1. The van der Waals surface area contributed by atoms with Crippen LogP contribution in [-0.4, -0.2) is 37.6 Å². The van der Waals surface area contributed by atoms with Crippen molar-refractivity contribution in [3.63, 3.8) is 0 Å². The second-order valence-electron chi connectivity index (χ2n) is 4.80. The molecular formula is C12H22N2. The largest absolute Gasteiger partial charge is 0.313 e. The summed E-state index contributed by atoms with van der Waals surface area (Å²) in [7, 11) is 2.24. The summed E-state index contributed by atoms with van der Waals surface area (Å²) in [4.78, 5) is 2.47. The van der Waals surface area contributed by atoms with E-state index in [0.717, 1.165) is 12.0 Å². The van der Waals surface area contributed by atoms with Crippen molar-refractivity contribution < 1.29 is 0 Å². The zero-order valence-corrected chi connectivity index (χ0v) is 9.21. The van der Waals surface area contributed by atoms with Crippen molar-refractivity contribution in [1.82, 2.24) is 10.2 Å². The molecule has 0 aromatic heterocycles. The van der Waals surface area contributed by atoms with Crippen molar-refractivity contribution in [3.8, 4) is 0 Å². The third-order valence-electron chi connectivity index (χ3n) is 3.18. The third kappa shape index (κ3) is 3.43. The molecule has 0 saturated heterocycles. The van der Waals surface area contributed by atoms with Crippen LogP contribution in [0, 0.1) is 5.92 Å². The summed E-state index contributed by atoms with van der Waals surface area (Å²) in [6.45, 7) is 3.63. The van der Waals surface area contributed by atoms with E-state index in [9.17, 15) is 0 Å². The fourth-order valence-corrected chi connectivity index (χ4v) is 2.10. The second kappa shape index (κ2) is 4.94. The van der Waals surface area contributed by atoms with Gasteiger partial charge in [0.25, 0.3) is 0 Å². The Morgan fingerprint density at radius 1 is 1.29 bits per heavy atom. The fraction of sp³-hybridized carbons (Fsp3) is 0.833. The van der Waals surface area contributed by atoms with Crippen LogP contribution in [-0.2, 0) is 0 Å². The van der Waals surface area contributed by atoms with E-state index < -0.39 is 0 Å². The van der Waals surface area contributed by atoms with E-state index >= 15 is 0 Å². The maximum Gasteiger partial charge on any atom is 0.0104 e. The highest BCUT2D eigenvalue weighted by atomic mass is 15.1. The predicted molar refractivity (Wildman–Crippen MR) is 60.4 cm³/mol. The maximum atomic E-state index is 3.56. The van der Waals surface area contributed by atoms with Crippen LogP contribution in [0.15, 0.2) is 12.2 Å². The summed E-state index contributed by atoms with van der Waals surface area (Å²) in [5.41, 5.74) is 0. The molecular weight excluding hydrogens is 172 g/mol. The van der Waals surface area contributed by atoms with Crippen LogP contribution in [0.25, 0.3) is 0 Å². The quantitative estimate of drug-likeness (QED) is 0.647. The van der Waals surface area contributed by atoms with Gasteiger partial charge in [0.15, 0.2) is 0 Å². The standard InChI is InChI=1S/C12H22N2/c1-14(9-8-13-12-6-7-12)10-11-4-2-3-5-11/h2-3,11-13H,4-10H2,1H3. The first-order valence-electron chi connectivity index (χ1n) is 5.91. The van der Waals surface area contributed by atoms with Crippen molar-refractivity contribution in [3.05, 3.63) is 12.2 Å². The Morgan fingerprint density at radius 2 is 2.00 bits per heavy atom. The first kappa shape index (κ1) is 10.2. The Morgan fingerprint density at radius 3 is 2.64 bits per heavy atom. The Labute approximate surface area is 87.4 Å². The highest BCUT2D eigenvalue weighted by Gasteiger charge is 2.20. The number of hydrogen-bond donors (Lipinski definition) is 1.